The van der Waals surface area contributed by atoms with Crippen LogP contribution in [0.2, 0.25) is 0 Å². The molecule has 0 atom stereocenters. The van der Waals surface area contributed by atoms with Crippen LogP contribution in [0.25, 0.3) is 11.0 Å². The lowest BCUT2D eigenvalue weighted by Gasteiger charge is -2.10. The highest BCUT2D eigenvalue weighted by Crippen LogP contribution is 2.20. The molecule has 0 saturated heterocycles. The van der Waals surface area contributed by atoms with Gasteiger partial charge < -0.3 is 9.88 Å². The van der Waals surface area contributed by atoms with Gasteiger partial charge in [-0.3, -0.25) is 4.79 Å². The number of para-hydroxylation sites is 2. The highest BCUT2D eigenvalue weighted by Gasteiger charge is 2.11. The molecule has 4 rings (SSSR count). The monoisotopic (exact) mass is 553 g/mol. The van der Waals surface area contributed by atoms with Gasteiger partial charge in [-0.05, 0) is 66.9 Å². The van der Waals surface area contributed by atoms with Crippen molar-refractivity contribution in [1.82, 2.24) is 14.9 Å². The second kappa shape index (κ2) is 10.9. The maximum Gasteiger partial charge on any atom is 0.251 e. The number of unbranched alkanes of at least 4 members (excludes halogenated alkanes) is 2. The van der Waals surface area contributed by atoms with Gasteiger partial charge >= 0.3 is 0 Å². The van der Waals surface area contributed by atoms with Crippen LogP contribution in [0.4, 0.5) is 0 Å². The summed E-state index contributed by atoms with van der Waals surface area (Å²) in [5.41, 5.74) is 4.16. The Morgan fingerprint density at radius 2 is 1.53 bits per heavy atom. The summed E-state index contributed by atoms with van der Waals surface area (Å²) < 4.78 is 4.39. The Morgan fingerprint density at radius 1 is 0.844 bits per heavy atom. The Bertz CT molecular complexity index is 1180. The van der Waals surface area contributed by atoms with Crippen LogP contribution in [0.3, 0.4) is 0 Å². The number of amides is 1. The lowest BCUT2D eigenvalue weighted by molar-refractivity contribution is 0.0953. The fourth-order valence-electron chi connectivity index (χ4n) is 3.76. The van der Waals surface area contributed by atoms with Crippen LogP contribution in [0.5, 0.6) is 0 Å². The summed E-state index contributed by atoms with van der Waals surface area (Å²) in [6, 6.07) is 24.2. The molecule has 1 heterocycles. The van der Waals surface area contributed by atoms with Crippen molar-refractivity contribution in [1.29, 1.82) is 0 Å². The van der Waals surface area contributed by atoms with E-state index < -0.39 is 0 Å². The van der Waals surface area contributed by atoms with E-state index in [2.05, 4.69) is 84.2 Å². The Morgan fingerprint density at radius 3 is 2.28 bits per heavy atom. The lowest BCUT2D eigenvalue weighted by atomic mass is 10.1. The zero-order chi connectivity index (χ0) is 22.3. The number of nitrogens with zero attached hydrogens (tertiary/aromatic N) is 2. The Kier molecular flexibility index (Phi) is 7.76. The lowest BCUT2D eigenvalue weighted by Crippen LogP contribution is -2.24. The molecule has 32 heavy (non-hydrogen) atoms. The Labute approximate surface area is 205 Å². The third-order valence-corrected chi connectivity index (χ3v) is 6.51. The van der Waals surface area contributed by atoms with Crippen LogP contribution in [-0.2, 0) is 13.0 Å². The standard InChI is InChI=1S/C26H25Br2N3O/c27-21-13-9-19(10-14-21)18-31-24-7-4-3-6-23(24)30-25(31)8-2-1-5-17-29-26(32)20-11-15-22(28)16-12-20/h3-4,6-7,9-16H,1-2,5,8,17-18H2,(H,29,32). The molecule has 0 unspecified atom stereocenters. The van der Waals surface area contributed by atoms with E-state index in [9.17, 15) is 4.79 Å². The van der Waals surface area contributed by atoms with Crippen molar-refractivity contribution < 1.29 is 4.79 Å². The molecule has 3 aromatic carbocycles. The van der Waals surface area contributed by atoms with Gasteiger partial charge in [-0.1, -0.05) is 62.5 Å². The molecule has 0 aliphatic carbocycles. The van der Waals surface area contributed by atoms with Gasteiger partial charge in [0.25, 0.3) is 5.91 Å². The molecule has 0 fully saturated rings. The molecular formula is C26H25Br2N3O. The maximum atomic E-state index is 12.2. The molecule has 1 aromatic heterocycles. The third kappa shape index (κ3) is 5.87. The first kappa shape index (κ1) is 22.7. The quantitative estimate of drug-likeness (QED) is 0.232. The van der Waals surface area contributed by atoms with E-state index in [1.807, 2.05) is 30.3 Å². The van der Waals surface area contributed by atoms with E-state index >= 15 is 0 Å². The van der Waals surface area contributed by atoms with E-state index in [-0.39, 0.29) is 5.91 Å². The van der Waals surface area contributed by atoms with Gasteiger partial charge in [-0.25, -0.2) is 4.98 Å². The number of hydrogen-bond donors (Lipinski definition) is 1. The highest BCUT2D eigenvalue weighted by atomic mass is 79.9. The topological polar surface area (TPSA) is 46.9 Å². The number of aromatic nitrogens is 2. The third-order valence-electron chi connectivity index (χ3n) is 5.46. The van der Waals surface area contributed by atoms with Gasteiger partial charge in [0.1, 0.15) is 5.82 Å². The SMILES string of the molecule is O=C(NCCCCCc1nc2ccccc2n1Cc1ccc(Br)cc1)c1ccc(Br)cc1. The van der Waals surface area contributed by atoms with Gasteiger partial charge in [-0.15, -0.1) is 0 Å². The first-order valence-corrected chi connectivity index (χ1v) is 12.4. The minimum atomic E-state index is -0.0196. The van der Waals surface area contributed by atoms with E-state index in [0.717, 1.165) is 52.5 Å². The summed E-state index contributed by atoms with van der Waals surface area (Å²) in [5, 5.41) is 3.01. The number of aryl methyl sites for hydroxylation is 1. The fourth-order valence-corrected chi connectivity index (χ4v) is 4.28. The smallest absolute Gasteiger partial charge is 0.251 e. The van der Waals surface area contributed by atoms with Crippen LogP contribution in [-0.4, -0.2) is 22.0 Å². The predicted molar refractivity (Wildman–Crippen MR) is 137 cm³/mol. The molecular weight excluding hydrogens is 530 g/mol. The second-order valence-electron chi connectivity index (χ2n) is 7.80. The average molecular weight is 555 g/mol. The zero-order valence-corrected chi connectivity index (χ0v) is 20.9. The predicted octanol–water partition coefficient (Wildman–Crippen LogP) is 6.75. The van der Waals surface area contributed by atoms with Crippen LogP contribution in [0.15, 0.2) is 81.7 Å². The molecule has 6 heteroatoms. The second-order valence-corrected chi connectivity index (χ2v) is 9.63. The number of fused-ring (bicyclic) bond motifs is 1. The summed E-state index contributed by atoms with van der Waals surface area (Å²) in [5.74, 6) is 1.10. The number of nitrogens with one attached hydrogen (secondary N) is 1. The van der Waals surface area contributed by atoms with E-state index in [0.29, 0.717) is 12.1 Å². The molecule has 164 valence electrons. The summed E-state index contributed by atoms with van der Waals surface area (Å²) in [6.07, 6.45) is 3.96. The number of halogens is 2. The normalized spacial score (nSPS) is 11.1. The molecule has 4 aromatic rings. The first-order chi connectivity index (χ1) is 15.6. The number of rotatable bonds is 9. The van der Waals surface area contributed by atoms with Crippen molar-refractivity contribution in [3.63, 3.8) is 0 Å². The molecule has 4 nitrogen and oxygen atoms in total. The largest absolute Gasteiger partial charge is 0.352 e. The number of hydrogen-bond acceptors (Lipinski definition) is 2. The van der Waals surface area contributed by atoms with Crippen molar-refractivity contribution in [2.24, 2.45) is 0 Å². The fraction of sp³-hybridized carbons (Fsp3) is 0.231. The Balaban J connectivity index is 1.31. The van der Waals surface area contributed by atoms with Crippen molar-refractivity contribution in [2.45, 2.75) is 32.2 Å². The van der Waals surface area contributed by atoms with Crippen LogP contribution >= 0.6 is 31.9 Å². The molecule has 0 radical (unpaired) electrons. The average Bonchev–Trinajstić information content (AvgIpc) is 3.15. The summed E-state index contributed by atoms with van der Waals surface area (Å²) >= 11 is 6.90. The number of carbonyl (C=O) groups is 1. The van der Waals surface area contributed by atoms with Crippen molar-refractivity contribution in [3.05, 3.63) is 98.7 Å². The molecule has 1 amide bonds. The number of imidazole rings is 1. The van der Waals surface area contributed by atoms with Crippen LogP contribution in [0.1, 0.15) is 41.0 Å². The summed E-state index contributed by atoms with van der Waals surface area (Å²) in [4.78, 5) is 17.1. The molecule has 0 aliphatic rings. The molecule has 0 saturated carbocycles. The number of carbonyl (C=O) groups excluding carboxylic acids is 1. The van der Waals surface area contributed by atoms with E-state index in [1.54, 1.807) is 0 Å². The van der Waals surface area contributed by atoms with Crippen molar-refractivity contribution in [3.8, 4) is 0 Å². The first-order valence-electron chi connectivity index (χ1n) is 10.8. The van der Waals surface area contributed by atoms with Crippen LogP contribution in [0, 0.1) is 0 Å². The van der Waals surface area contributed by atoms with Gasteiger partial charge in [-0.2, -0.15) is 0 Å². The van der Waals surface area contributed by atoms with Gasteiger partial charge in [0.2, 0.25) is 0 Å². The summed E-state index contributed by atoms with van der Waals surface area (Å²) in [6.45, 7) is 1.50. The van der Waals surface area contributed by atoms with Crippen molar-refractivity contribution >= 4 is 48.8 Å². The minimum Gasteiger partial charge on any atom is -0.352 e. The minimum absolute atomic E-state index is 0.0196. The highest BCUT2D eigenvalue weighted by molar-refractivity contribution is 9.10. The molecule has 0 bridgehead atoms. The van der Waals surface area contributed by atoms with E-state index in [1.165, 1.54) is 11.1 Å². The zero-order valence-electron chi connectivity index (χ0n) is 17.7. The Hall–Kier alpha value is -2.44. The van der Waals surface area contributed by atoms with Crippen molar-refractivity contribution in [2.75, 3.05) is 6.54 Å². The molecule has 0 aliphatic heterocycles. The maximum absolute atomic E-state index is 12.2. The van der Waals surface area contributed by atoms with Gasteiger partial charge in [0.05, 0.1) is 11.0 Å². The molecule has 1 N–H and O–H groups in total. The molecule has 0 spiro atoms. The van der Waals surface area contributed by atoms with Crippen LogP contribution < -0.4 is 5.32 Å². The van der Waals surface area contributed by atoms with Gasteiger partial charge in [0, 0.05) is 34.0 Å². The number of benzene rings is 3. The van der Waals surface area contributed by atoms with E-state index in [4.69, 9.17) is 4.98 Å². The van der Waals surface area contributed by atoms with Gasteiger partial charge in [0.15, 0.2) is 0 Å². The summed E-state index contributed by atoms with van der Waals surface area (Å²) in [7, 11) is 0.